The van der Waals surface area contributed by atoms with Gasteiger partial charge in [0.2, 0.25) is 0 Å². The van der Waals surface area contributed by atoms with Crippen LogP contribution in [-0.4, -0.2) is 73.0 Å². The van der Waals surface area contributed by atoms with Gasteiger partial charge in [-0.15, -0.1) is 0 Å². The minimum absolute atomic E-state index is 0.161. The molecule has 0 saturated carbocycles. The van der Waals surface area contributed by atoms with Crippen molar-refractivity contribution in [3.8, 4) is 0 Å². The number of hydrogen-bond donors (Lipinski definition) is 1. The first kappa shape index (κ1) is 14.3. The second-order valence-electron chi connectivity index (χ2n) is 5.78. The molecule has 2 rings (SSSR count). The van der Waals surface area contributed by atoms with Crippen molar-refractivity contribution in [1.29, 1.82) is 0 Å². The van der Waals surface area contributed by atoms with Crippen LogP contribution in [0.4, 0.5) is 0 Å². The second-order valence-corrected chi connectivity index (χ2v) is 5.78. The van der Waals surface area contributed by atoms with Gasteiger partial charge in [-0.2, -0.15) is 0 Å². The molecule has 0 bridgehead atoms. The van der Waals surface area contributed by atoms with Crippen LogP contribution in [0.3, 0.4) is 0 Å². The Morgan fingerprint density at radius 3 is 2.61 bits per heavy atom. The van der Waals surface area contributed by atoms with E-state index in [-0.39, 0.29) is 6.10 Å². The summed E-state index contributed by atoms with van der Waals surface area (Å²) in [6.07, 6.45) is 1.87. The number of aliphatic hydroxyl groups is 1. The first-order valence-electron chi connectivity index (χ1n) is 7.43. The molecule has 2 fully saturated rings. The van der Waals surface area contributed by atoms with E-state index in [4.69, 9.17) is 4.74 Å². The molecule has 106 valence electrons. The lowest BCUT2D eigenvalue weighted by atomic mass is 9.98. The van der Waals surface area contributed by atoms with E-state index in [2.05, 4.69) is 23.6 Å². The highest BCUT2D eigenvalue weighted by Gasteiger charge is 2.28. The Morgan fingerprint density at radius 2 is 2.00 bits per heavy atom. The smallest absolute Gasteiger partial charge is 0.0624 e. The van der Waals surface area contributed by atoms with E-state index in [0.29, 0.717) is 12.0 Å². The van der Waals surface area contributed by atoms with Crippen LogP contribution in [0.15, 0.2) is 0 Å². The van der Waals surface area contributed by atoms with Crippen molar-refractivity contribution in [3.63, 3.8) is 0 Å². The Balaban J connectivity index is 1.72. The molecule has 2 aliphatic heterocycles. The summed E-state index contributed by atoms with van der Waals surface area (Å²) in [5, 5.41) is 9.96. The highest BCUT2D eigenvalue weighted by atomic mass is 16.5. The van der Waals surface area contributed by atoms with Gasteiger partial charge in [-0.05, 0) is 19.8 Å². The van der Waals surface area contributed by atoms with Gasteiger partial charge in [-0.1, -0.05) is 6.92 Å². The third-order valence-corrected chi connectivity index (χ3v) is 4.55. The van der Waals surface area contributed by atoms with Crippen molar-refractivity contribution < 1.29 is 9.84 Å². The molecule has 0 aromatic rings. The number of nitrogens with zero attached hydrogens (tertiary/aromatic N) is 2. The highest BCUT2D eigenvalue weighted by Crippen LogP contribution is 2.17. The van der Waals surface area contributed by atoms with Crippen LogP contribution in [0.1, 0.15) is 26.7 Å². The molecular formula is C14H28N2O2. The van der Waals surface area contributed by atoms with Crippen LogP contribution in [-0.2, 0) is 4.74 Å². The van der Waals surface area contributed by atoms with Gasteiger partial charge in [0.1, 0.15) is 0 Å². The quantitative estimate of drug-likeness (QED) is 0.807. The first-order valence-corrected chi connectivity index (χ1v) is 7.43. The molecular weight excluding hydrogens is 228 g/mol. The number of hydrogen-bond acceptors (Lipinski definition) is 4. The van der Waals surface area contributed by atoms with Gasteiger partial charge >= 0.3 is 0 Å². The van der Waals surface area contributed by atoms with E-state index in [1.54, 1.807) is 0 Å². The minimum Gasteiger partial charge on any atom is -0.393 e. The Hall–Kier alpha value is -0.160. The van der Waals surface area contributed by atoms with Gasteiger partial charge < -0.3 is 14.7 Å². The lowest BCUT2D eigenvalue weighted by molar-refractivity contribution is -0.0512. The lowest BCUT2D eigenvalue weighted by Crippen LogP contribution is -2.52. The summed E-state index contributed by atoms with van der Waals surface area (Å²) in [6.45, 7) is 11.6. The summed E-state index contributed by atoms with van der Waals surface area (Å²) < 4.78 is 5.47. The Bertz CT molecular complexity index is 242. The summed E-state index contributed by atoms with van der Waals surface area (Å²) in [5.74, 6) is 0.314. The van der Waals surface area contributed by atoms with Crippen molar-refractivity contribution in [1.82, 2.24) is 9.80 Å². The SMILES string of the molecule is CCC(C)N1CCN(CC2COCCC2O)CC1. The average Bonchev–Trinajstić information content (AvgIpc) is 2.41. The Kier molecular flexibility index (Phi) is 5.42. The highest BCUT2D eigenvalue weighted by molar-refractivity contribution is 4.80. The molecule has 3 unspecified atom stereocenters. The van der Waals surface area contributed by atoms with E-state index < -0.39 is 0 Å². The average molecular weight is 256 g/mol. The molecule has 3 atom stereocenters. The zero-order valence-corrected chi connectivity index (χ0v) is 11.8. The molecule has 2 aliphatic rings. The van der Waals surface area contributed by atoms with Crippen LogP contribution in [0, 0.1) is 5.92 Å². The molecule has 0 spiro atoms. The van der Waals surface area contributed by atoms with Crippen molar-refractivity contribution in [2.75, 3.05) is 45.9 Å². The summed E-state index contributed by atoms with van der Waals surface area (Å²) in [7, 11) is 0. The van der Waals surface area contributed by atoms with Gasteiger partial charge in [0.25, 0.3) is 0 Å². The predicted molar refractivity (Wildman–Crippen MR) is 72.7 cm³/mol. The molecule has 2 heterocycles. The van der Waals surface area contributed by atoms with E-state index in [1.165, 1.54) is 19.5 Å². The number of piperazine rings is 1. The maximum absolute atomic E-state index is 9.96. The fraction of sp³-hybridized carbons (Fsp3) is 1.00. The van der Waals surface area contributed by atoms with E-state index >= 15 is 0 Å². The monoisotopic (exact) mass is 256 g/mol. The van der Waals surface area contributed by atoms with Gasteiger partial charge in [-0.25, -0.2) is 0 Å². The molecule has 1 N–H and O–H groups in total. The third kappa shape index (κ3) is 3.67. The molecule has 2 saturated heterocycles. The van der Waals surface area contributed by atoms with Crippen LogP contribution in [0.25, 0.3) is 0 Å². The number of ether oxygens (including phenoxy) is 1. The maximum atomic E-state index is 9.96. The summed E-state index contributed by atoms with van der Waals surface area (Å²) >= 11 is 0. The van der Waals surface area contributed by atoms with E-state index in [1.807, 2.05) is 0 Å². The van der Waals surface area contributed by atoms with Crippen molar-refractivity contribution >= 4 is 0 Å². The summed E-state index contributed by atoms with van der Waals surface area (Å²) in [5.41, 5.74) is 0. The molecule has 18 heavy (non-hydrogen) atoms. The van der Waals surface area contributed by atoms with Gasteiger partial charge in [-0.3, -0.25) is 4.90 Å². The van der Waals surface area contributed by atoms with Crippen LogP contribution in [0.5, 0.6) is 0 Å². The van der Waals surface area contributed by atoms with Crippen LogP contribution < -0.4 is 0 Å². The zero-order valence-electron chi connectivity index (χ0n) is 11.8. The predicted octanol–water partition coefficient (Wildman–Crippen LogP) is 0.800. The largest absolute Gasteiger partial charge is 0.393 e. The van der Waals surface area contributed by atoms with Crippen molar-refractivity contribution in [2.45, 2.75) is 38.8 Å². The van der Waals surface area contributed by atoms with Crippen LogP contribution >= 0.6 is 0 Å². The topological polar surface area (TPSA) is 35.9 Å². The van der Waals surface area contributed by atoms with Crippen molar-refractivity contribution in [3.05, 3.63) is 0 Å². The molecule has 0 amide bonds. The maximum Gasteiger partial charge on any atom is 0.0624 e. The first-order chi connectivity index (χ1) is 8.70. The van der Waals surface area contributed by atoms with Gasteiger partial charge in [0.15, 0.2) is 0 Å². The molecule has 0 aromatic carbocycles. The summed E-state index contributed by atoms with van der Waals surface area (Å²) in [6, 6.07) is 0.704. The van der Waals surface area contributed by atoms with E-state index in [0.717, 1.165) is 39.3 Å². The minimum atomic E-state index is -0.161. The number of rotatable bonds is 4. The molecule has 0 aliphatic carbocycles. The lowest BCUT2D eigenvalue weighted by Gasteiger charge is -2.40. The Morgan fingerprint density at radius 1 is 1.28 bits per heavy atom. The Labute approximate surface area is 111 Å². The fourth-order valence-electron chi connectivity index (χ4n) is 2.94. The van der Waals surface area contributed by atoms with Crippen molar-refractivity contribution in [2.24, 2.45) is 5.92 Å². The summed E-state index contributed by atoms with van der Waals surface area (Å²) in [4.78, 5) is 5.06. The van der Waals surface area contributed by atoms with E-state index in [9.17, 15) is 5.11 Å². The molecule has 4 nitrogen and oxygen atoms in total. The zero-order chi connectivity index (χ0) is 13.0. The molecule has 0 radical (unpaired) electrons. The third-order valence-electron chi connectivity index (χ3n) is 4.55. The molecule has 4 heteroatoms. The standard InChI is InChI=1S/C14H28N2O2/c1-3-12(2)16-7-5-15(6-8-16)10-13-11-18-9-4-14(13)17/h12-14,17H,3-11H2,1-2H3. The normalized spacial score (nSPS) is 33.5. The number of aliphatic hydroxyl groups excluding tert-OH is 1. The molecule has 0 aromatic heterocycles. The van der Waals surface area contributed by atoms with Gasteiger partial charge in [0, 0.05) is 51.3 Å². The van der Waals surface area contributed by atoms with Gasteiger partial charge in [0.05, 0.1) is 12.7 Å². The van der Waals surface area contributed by atoms with Crippen LogP contribution in [0.2, 0.25) is 0 Å². The second kappa shape index (κ2) is 6.85. The fourth-order valence-corrected chi connectivity index (χ4v) is 2.94.